The van der Waals surface area contributed by atoms with Crippen molar-refractivity contribution in [2.75, 3.05) is 45.0 Å². The van der Waals surface area contributed by atoms with Gasteiger partial charge in [0.15, 0.2) is 0 Å². The van der Waals surface area contributed by atoms with Crippen molar-refractivity contribution >= 4 is 21.9 Å². The average Bonchev–Trinajstić information content (AvgIpc) is 2.15. The van der Waals surface area contributed by atoms with E-state index in [0.717, 1.165) is 5.33 Å². The van der Waals surface area contributed by atoms with Crippen LogP contribution in [0, 0.1) is 0 Å². The number of aliphatic carboxylic acids is 1. The van der Waals surface area contributed by atoms with Gasteiger partial charge in [0.1, 0.15) is 6.61 Å². The molecule has 0 atom stereocenters. The first-order valence-electron chi connectivity index (χ1n) is 4.28. The van der Waals surface area contributed by atoms with E-state index in [1.807, 2.05) is 0 Å². The van der Waals surface area contributed by atoms with Crippen LogP contribution in [0.2, 0.25) is 0 Å². The third kappa shape index (κ3) is 11.8. The highest BCUT2D eigenvalue weighted by Gasteiger charge is 1.95. The van der Waals surface area contributed by atoms with E-state index >= 15 is 0 Å². The fourth-order valence-electron chi connectivity index (χ4n) is 0.654. The number of carbonyl (C=O) groups is 1. The number of ether oxygens (including phenoxy) is 3. The van der Waals surface area contributed by atoms with Crippen LogP contribution in [0.5, 0.6) is 0 Å². The van der Waals surface area contributed by atoms with Crippen LogP contribution >= 0.6 is 15.9 Å². The summed E-state index contributed by atoms with van der Waals surface area (Å²) in [7, 11) is 0. The maximum Gasteiger partial charge on any atom is 0.329 e. The van der Waals surface area contributed by atoms with Crippen LogP contribution in [-0.2, 0) is 19.0 Å². The minimum atomic E-state index is -0.967. The molecule has 0 radical (unpaired) electrons. The summed E-state index contributed by atoms with van der Waals surface area (Å²) >= 11 is 3.22. The topological polar surface area (TPSA) is 65.0 Å². The third-order valence-corrected chi connectivity index (χ3v) is 1.51. The van der Waals surface area contributed by atoms with Crippen molar-refractivity contribution in [1.82, 2.24) is 0 Å². The lowest BCUT2D eigenvalue weighted by Gasteiger charge is -2.04. The van der Waals surface area contributed by atoms with Gasteiger partial charge in [0.25, 0.3) is 0 Å². The van der Waals surface area contributed by atoms with Gasteiger partial charge in [-0.2, -0.15) is 0 Å². The Balaban J connectivity index is 2.88. The Morgan fingerprint density at radius 2 is 1.50 bits per heavy atom. The first-order valence-corrected chi connectivity index (χ1v) is 5.40. The van der Waals surface area contributed by atoms with Crippen LogP contribution in [0.4, 0.5) is 0 Å². The highest BCUT2D eigenvalue weighted by atomic mass is 79.9. The van der Waals surface area contributed by atoms with Crippen LogP contribution in [0.3, 0.4) is 0 Å². The van der Waals surface area contributed by atoms with Crippen molar-refractivity contribution in [3.8, 4) is 0 Å². The zero-order valence-electron chi connectivity index (χ0n) is 7.91. The molecule has 0 rings (SSSR count). The van der Waals surface area contributed by atoms with Crippen molar-refractivity contribution in [1.29, 1.82) is 0 Å². The largest absolute Gasteiger partial charge is 0.480 e. The van der Waals surface area contributed by atoms with E-state index in [4.69, 9.17) is 19.3 Å². The van der Waals surface area contributed by atoms with Crippen LogP contribution in [0.25, 0.3) is 0 Å². The van der Waals surface area contributed by atoms with E-state index < -0.39 is 5.97 Å². The molecule has 0 aliphatic rings. The lowest BCUT2D eigenvalue weighted by molar-refractivity contribution is -0.142. The second-order valence-corrected chi connectivity index (χ2v) is 3.15. The van der Waals surface area contributed by atoms with Crippen molar-refractivity contribution in [3.63, 3.8) is 0 Å². The van der Waals surface area contributed by atoms with Crippen molar-refractivity contribution in [2.24, 2.45) is 0 Å². The van der Waals surface area contributed by atoms with Gasteiger partial charge in [0.05, 0.1) is 33.0 Å². The molecule has 1 N–H and O–H groups in total. The normalized spacial score (nSPS) is 10.4. The Bertz CT molecular complexity index is 142. The molecule has 0 aliphatic carbocycles. The molecule has 5 nitrogen and oxygen atoms in total. The number of rotatable bonds is 10. The van der Waals surface area contributed by atoms with Crippen molar-refractivity contribution in [3.05, 3.63) is 0 Å². The molecule has 0 amide bonds. The SMILES string of the molecule is O=C(O)COCCOCCOCCBr. The maximum atomic E-state index is 10.0. The predicted molar refractivity (Wildman–Crippen MR) is 53.9 cm³/mol. The Kier molecular flexibility index (Phi) is 10.8. The molecule has 0 aromatic carbocycles. The monoisotopic (exact) mass is 270 g/mol. The number of hydrogen-bond acceptors (Lipinski definition) is 4. The van der Waals surface area contributed by atoms with Crippen LogP contribution in [-0.4, -0.2) is 56.0 Å². The summed E-state index contributed by atoms with van der Waals surface area (Å²) in [6.07, 6.45) is 0. The van der Waals surface area contributed by atoms with Gasteiger partial charge in [-0.15, -0.1) is 0 Å². The number of carboxylic acids is 1. The molecule has 0 aliphatic heterocycles. The summed E-state index contributed by atoms with van der Waals surface area (Å²) in [5.41, 5.74) is 0. The Hall–Kier alpha value is -0.170. The van der Waals surface area contributed by atoms with E-state index in [0.29, 0.717) is 33.0 Å². The Morgan fingerprint density at radius 3 is 2.00 bits per heavy atom. The fourth-order valence-corrected chi connectivity index (χ4v) is 0.883. The average molecular weight is 271 g/mol. The molecular weight excluding hydrogens is 256 g/mol. The van der Waals surface area contributed by atoms with E-state index in [2.05, 4.69) is 15.9 Å². The molecule has 0 spiro atoms. The van der Waals surface area contributed by atoms with Crippen LogP contribution in [0.15, 0.2) is 0 Å². The molecule has 0 saturated heterocycles. The van der Waals surface area contributed by atoms with Gasteiger partial charge >= 0.3 is 5.97 Å². The van der Waals surface area contributed by atoms with Gasteiger partial charge in [-0.25, -0.2) is 4.79 Å². The Morgan fingerprint density at radius 1 is 1.00 bits per heavy atom. The second kappa shape index (κ2) is 10.9. The summed E-state index contributed by atoms with van der Waals surface area (Å²) in [5, 5.41) is 9.04. The first-order chi connectivity index (χ1) is 6.77. The minimum Gasteiger partial charge on any atom is -0.480 e. The highest BCUT2D eigenvalue weighted by Crippen LogP contribution is 1.83. The zero-order valence-corrected chi connectivity index (χ0v) is 9.49. The standard InChI is InChI=1S/C8H15BrO5/c9-1-2-12-3-4-13-5-6-14-7-8(10)11/h1-7H2,(H,10,11). The smallest absolute Gasteiger partial charge is 0.329 e. The van der Waals surface area contributed by atoms with Gasteiger partial charge in [0.2, 0.25) is 0 Å². The molecule has 0 heterocycles. The minimum absolute atomic E-state index is 0.274. The highest BCUT2D eigenvalue weighted by molar-refractivity contribution is 9.09. The number of alkyl halides is 1. The lowest BCUT2D eigenvalue weighted by atomic mass is 10.7. The van der Waals surface area contributed by atoms with Crippen molar-refractivity contribution < 1.29 is 24.1 Å². The van der Waals surface area contributed by atoms with Gasteiger partial charge in [-0.3, -0.25) is 0 Å². The van der Waals surface area contributed by atoms with Crippen LogP contribution < -0.4 is 0 Å². The summed E-state index contributed by atoms with van der Waals surface area (Å²) < 4.78 is 15.0. The van der Waals surface area contributed by atoms with Gasteiger partial charge in [-0.05, 0) is 0 Å². The summed E-state index contributed by atoms with van der Waals surface area (Å²) in [6, 6.07) is 0. The predicted octanol–water partition coefficient (Wildman–Crippen LogP) is 0.516. The summed E-state index contributed by atoms with van der Waals surface area (Å²) in [6.45, 7) is 2.13. The molecule has 0 aromatic rings. The summed E-state index contributed by atoms with van der Waals surface area (Å²) in [5.74, 6) is -0.967. The zero-order chi connectivity index (χ0) is 10.6. The van der Waals surface area contributed by atoms with E-state index in [9.17, 15) is 4.79 Å². The van der Waals surface area contributed by atoms with E-state index in [1.165, 1.54) is 0 Å². The Labute approximate surface area is 91.5 Å². The first kappa shape index (κ1) is 13.8. The fraction of sp³-hybridized carbons (Fsp3) is 0.875. The summed E-state index contributed by atoms with van der Waals surface area (Å²) in [4.78, 5) is 10.0. The maximum absolute atomic E-state index is 10.0. The molecule has 0 unspecified atom stereocenters. The molecular formula is C8H15BrO5. The third-order valence-electron chi connectivity index (χ3n) is 1.19. The molecule has 0 aromatic heterocycles. The quantitative estimate of drug-likeness (QED) is 0.463. The van der Waals surface area contributed by atoms with Gasteiger partial charge in [0, 0.05) is 5.33 Å². The van der Waals surface area contributed by atoms with E-state index in [-0.39, 0.29) is 6.61 Å². The van der Waals surface area contributed by atoms with Crippen molar-refractivity contribution in [2.45, 2.75) is 0 Å². The molecule has 84 valence electrons. The van der Waals surface area contributed by atoms with Gasteiger partial charge < -0.3 is 19.3 Å². The lowest BCUT2D eigenvalue weighted by Crippen LogP contribution is -2.13. The number of carboxylic acid groups (broad SMARTS) is 1. The van der Waals surface area contributed by atoms with E-state index in [1.54, 1.807) is 0 Å². The van der Waals surface area contributed by atoms with Gasteiger partial charge in [-0.1, -0.05) is 15.9 Å². The molecule has 6 heteroatoms. The molecule has 0 saturated carbocycles. The molecule has 14 heavy (non-hydrogen) atoms. The number of hydrogen-bond donors (Lipinski definition) is 1. The second-order valence-electron chi connectivity index (χ2n) is 2.36. The molecule has 0 bridgehead atoms. The number of halogens is 1. The molecule has 0 fully saturated rings. The van der Waals surface area contributed by atoms with Crippen LogP contribution in [0.1, 0.15) is 0 Å².